The molecule has 54 heavy (non-hydrogen) atoms. The second kappa shape index (κ2) is 31.9. The van der Waals surface area contributed by atoms with Gasteiger partial charge in [-0.05, 0) is 25.7 Å². The van der Waals surface area contributed by atoms with Crippen LogP contribution in [0.15, 0.2) is 43.5 Å². The molecule has 0 aliphatic rings. The minimum absolute atomic E-state index is 0.170. The molecular weight excluding hydrogens is 692 g/mol. The average molecular weight is 765 g/mol. The summed E-state index contributed by atoms with van der Waals surface area (Å²) >= 11 is 0. The van der Waals surface area contributed by atoms with Crippen LogP contribution in [0.5, 0.6) is 5.75 Å². The van der Waals surface area contributed by atoms with Crippen molar-refractivity contribution in [1.82, 2.24) is 0 Å². The van der Waals surface area contributed by atoms with E-state index in [9.17, 15) is 34.5 Å². The minimum atomic E-state index is -0.928. The largest absolute Gasteiger partial charge is 0.491 e. The fraction of sp³-hybridized carbons (Fsp3) is 0.707. The third kappa shape index (κ3) is 19.8. The molecule has 0 aliphatic carbocycles. The van der Waals surface area contributed by atoms with Gasteiger partial charge in [0, 0.05) is 13.1 Å². The van der Waals surface area contributed by atoms with Gasteiger partial charge in [0.15, 0.2) is 5.75 Å². The lowest BCUT2D eigenvalue weighted by Gasteiger charge is -2.23. The standard InChI is InChI=1S/C20H34N2O4.C12H19NO3.C9H19NO2/c1-3-5-7-9-11-13-21-17-18(20(26)19(17)25)22-15(14-23)16(24)12-10-8-6-4-2;1-3-4-5-6-7-8-13-9-10(14)11(15)12(9)16-2;1-2-3-4-5-6-9(12)8(10)7-11/h10,12,15-16,21-24H,3-9,11,13-14H2,1-2H3;13H,3-8H2,1-2H3;5-6,8-9,11-12H,2-4,7,10H2,1H3/b12-10+;;6-5+/t15-,16+;;8-,9+/m0.0/s1. The Hall–Kier alpha value is -3.36. The summed E-state index contributed by atoms with van der Waals surface area (Å²) in [6.45, 7) is 9.37. The zero-order valence-corrected chi connectivity index (χ0v) is 33.7. The number of rotatable bonds is 29. The fourth-order valence-corrected chi connectivity index (χ4v) is 5.23. The van der Waals surface area contributed by atoms with Crippen molar-refractivity contribution in [2.45, 2.75) is 155 Å². The van der Waals surface area contributed by atoms with E-state index >= 15 is 0 Å². The van der Waals surface area contributed by atoms with Crippen LogP contribution < -0.4 is 48.1 Å². The molecule has 0 aromatic heterocycles. The first-order valence-corrected chi connectivity index (χ1v) is 20.1. The molecule has 4 atom stereocenters. The number of ether oxygens (including phenoxy) is 1. The summed E-state index contributed by atoms with van der Waals surface area (Å²) in [6.07, 6.45) is 23.0. The first-order valence-electron chi connectivity index (χ1n) is 20.1. The van der Waals surface area contributed by atoms with E-state index in [4.69, 9.17) is 15.6 Å². The summed E-state index contributed by atoms with van der Waals surface area (Å²) in [5.74, 6) is 0.179. The number of methoxy groups -OCH3 is 1. The Kier molecular flexibility index (Phi) is 30.0. The highest BCUT2D eigenvalue weighted by Gasteiger charge is 2.25. The van der Waals surface area contributed by atoms with Crippen LogP contribution in [0.2, 0.25) is 0 Å². The van der Waals surface area contributed by atoms with Gasteiger partial charge in [0.25, 0.3) is 21.7 Å². The number of unbranched alkanes of at least 4 members (excludes halogenated alkanes) is 12. The molecule has 0 spiro atoms. The van der Waals surface area contributed by atoms with Crippen LogP contribution in [0, 0.1) is 0 Å². The van der Waals surface area contributed by atoms with Crippen molar-refractivity contribution >= 4 is 17.1 Å². The maximum absolute atomic E-state index is 11.8. The molecule has 0 aliphatic heterocycles. The highest BCUT2D eigenvalue weighted by atomic mass is 16.5. The summed E-state index contributed by atoms with van der Waals surface area (Å²) in [7, 11) is 1.41. The highest BCUT2D eigenvalue weighted by Crippen LogP contribution is 2.18. The number of anilines is 3. The zero-order chi connectivity index (χ0) is 40.7. The normalized spacial score (nSPS) is 13.6. The van der Waals surface area contributed by atoms with E-state index in [-0.39, 0.29) is 30.3 Å². The topological polar surface area (TPSA) is 221 Å². The Morgan fingerprint density at radius 3 is 1.50 bits per heavy atom. The van der Waals surface area contributed by atoms with Gasteiger partial charge >= 0.3 is 0 Å². The summed E-state index contributed by atoms with van der Waals surface area (Å²) in [5.41, 5.74) is 4.06. The Balaban J connectivity index is 0.000000854. The molecule has 0 amide bonds. The third-order valence-electron chi connectivity index (χ3n) is 8.85. The van der Waals surface area contributed by atoms with Crippen molar-refractivity contribution in [3.05, 3.63) is 65.2 Å². The first kappa shape index (κ1) is 50.6. The number of hydrogen-bond donors (Lipinski definition) is 8. The Morgan fingerprint density at radius 1 is 0.593 bits per heavy atom. The van der Waals surface area contributed by atoms with Gasteiger partial charge in [-0.3, -0.25) is 19.2 Å². The van der Waals surface area contributed by atoms with Crippen molar-refractivity contribution in [1.29, 1.82) is 0 Å². The number of aliphatic hydroxyl groups is 4. The molecule has 0 heterocycles. The molecule has 0 saturated carbocycles. The highest BCUT2D eigenvalue weighted by molar-refractivity contribution is 5.74. The van der Waals surface area contributed by atoms with Crippen LogP contribution in [0.1, 0.15) is 130 Å². The Labute approximate surface area is 322 Å². The smallest absolute Gasteiger partial charge is 0.271 e. The summed E-state index contributed by atoms with van der Waals surface area (Å²) in [5, 5.41) is 46.3. The van der Waals surface area contributed by atoms with Gasteiger partial charge in [-0.15, -0.1) is 0 Å². The molecule has 13 nitrogen and oxygen atoms in total. The van der Waals surface area contributed by atoms with E-state index in [0.29, 0.717) is 12.2 Å². The predicted octanol–water partition coefficient (Wildman–Crippen LogP) is 4.63. The second-order valence-electron chi connectivity index (χ2n) is 13.6. The maximum Gasteiger partial charge on any atom is 0.271 e. The van der Waals surface area contributed by atoms with Crippen molar-refractivity contribution in [3.63, 3.8) is 0 Å². The van der Waals surface area contributed by atoms with E-state index < -0.39 is 46.0 Å². The Bertz CT molecular complexity index is 1430. The maximum atomic E-state index is 11.8. The van der Waals surface area contributed by atoms with Crippen LogP contribution in [0.25, 0.3) is 0 Å². The van der Waals surface area contributed by atoms with Gasteiger partial charge in [0.1, 0.15) is 17.1 Å². The van der Waals surface area contributed by atoms with E-state index in [1.807, 2.05) is 12.2 Å². The molecule has 310 valence electrons. The molecule has 0 radical (unpaired) electrons. The van der Waals surface area contributed by atoms with Gasteiger partial charge in [-0.2, -0.15) is 0 Å². The van der Waals surface area contributed by atoms with E-state index in [1.54, 1.807) is 12.2 Å². The number of nitrogens with two attached hydrogens (primary N) is 1. The molecular formula is C41H72N4O9. The SMILES string of the molecule is CCCC/C=C/[C@@H](O)[C@@H](N)CO.CCCC/C=C/[C@@H](O)[C@H](CO)Nc1c(NCCCCCCC)c(=O)c1=O.CCCCCCCNc1c(OC)c(=O)c1=O. The lowest BCUT2D eigenvalue weighted by molar-refractivity contribution is 0.144. The lowest BCUT2D eigenvalue weighted by Crippen LogP contribution is -2.44. The monoisotopic (exact) mass is 765 g/mol. The van der Waals surface area contributed by atoms with Crippen LogP contribution in [0.3, 0.4) is 0 Å². The zero-order valence-electron chi connectivity index (χ0n) is 33.7. The number of nitrogens with one attached hydrogen (secondary N) is 3. The van der Waals surface area contributed by atoms with Crippen molar-refractivity contribution < 1.29 is 25.2 Å². The third-order valence-corrected chi connectivity index (χ3v) is 8.85. The molecule has 0 fully saturated rings. The second-order valence-corrected chi connectivity index (χ2v) is 13.6. The van der Waals surface area contributed by atoms with Crippen molar-refractivity contribution in [2.75, 3.05) is 49.4 Å². The van der Waals surface area contributed by atoms with E-state index in [0.717, 1.165) is 70.8 Å². The van der Waals surface area contributed by atoms with Gasteiger partial charge in [-0.25, -0.2) is 0 Å². The minimum Gasteiger partial charge on any atom is -0.491 e. The van der Waals surface area contributed by atoms with Gasteiger partial charge in [0.05, 0.1) is 44.6 Å². The van der Waals surface area contributed by atoms with Crippen LogP contribution in [-0.2, 0) is 0 Å². The fourth-order valence-electron chi connectivity index (χ4n) is 5.23. The molecule has 0 bridgehead atoms. The number of allylic oxidation sites excluding steroid dienone is 2. The molecule has 13 heteroatoms. The van der Waals surface area contributed by atoms with Crippen LogP contribution in [0.4, 0.5) is 17.1 Å². The van der Waals surface area contributed by atoms with Gasteiger partial charge in [-0.1, -0.05) is 129 Å². The summed E-state index contributed by atoms with van der Waals surface area (Å²) in [6, 6.07) is -1.27. The van der Waals surface area contributed by atoms with Crippen LogP contribution in [-0.4, -0.2) is 78.1 Å². The number of aliphatic hydroxyl groups excluding tert-OH is 4. The molecule has 0 saturated heterocycles. The van der Waals surface area contributed by atoms with Crippen molar-refractivity contribution in [2.24, 2.45) is 5.73 Å². The average Bonchev–Trinajstić information content (AvgIpc) is 3.19. The quantitative estimate of drug-likeness (QED) is 0.0322. The van der Waals surface area contributed by atoms with Gasteiger partial charge in [0.2, 0.25) is 0 Å². The van der Waals surface area contributed by atoms with Gasteiger partial charge < -0.3 is 46.8 Å². The van der Waals surface area contributed by atoms with Crippen molar-refractivity contribution in [3.8, 4) is 5.75 Å². The first-order chi connectivity index (χ1) is 26.0. The summed E-state index contributed by atoms with van der Waals surface area (Å²) < 4.78 is 4.82. The lowest BCUT2D eigenvalue weighted by atomic mass is 10.1. The molecule has 2 rings (SSSR count). The van der Waals surface area contributed by atoms with Crippen LogP contribution >= 0.6 is 0 Å². The molecule has 9 N–H and O–H groups in total. The molecule has 0 unspecified atom stereocenters. The molecule has 2 aromatic carbocycles. The molecule has 2 aromatic rings. The summed E-state index contributed by atoms with van der Waals surface area (Å²) in [4.78, 5) is 45.8. The number of hydrogen-bond acceptors (Lipinski definition) is 13. The predicted molar refractivity (Wildman–Crippen MR) is 223 cm³/mol. The van der Waals surface area contributed by atoms with E-state index in [2.05, 4.69) is 43.6 Å². The van der Waals surface area contributed by atoms with E-state index in [1.165, 1.54) is 45.6 Å². The Morgan fingerprint density at radius 2 is 1.04 bits per heavy atom.